The van der Waals surface area contributed by atoms with Crippen molar-refractivity contribution in [1.82, 2.24) is 10.6 Å². The molecule has 5 N–H and O–H groups in total. The van der Waals surface area contributed by atoms with Crippen molar-refractivity contribution in [2.45, 2.75) is 202 Å². The van der Waals surface area contributed by atoms with Crippen LogP contribution in [0.1, 0.15) is 217 Å². The summed E-state index contributed by atoms with van der Waals surface area (Å²) in [6, 6.07) is 40.4. The first-order valence-electron chi connectivity index (χ1n) is 33.6. The van der Waals surface area contributed by atoms with E-state index >= 15 is 0 Å². The van der Waals surface area contributed by atoms with E-state index < -0.39 is 36.0 Å². The molecule has 0 radical (unpaired) electrons. The van der Waals surface area contributed by atoms with Gasteiger partial charge in [-0.1, -0.05) is 201 Å². The summed E-state index contributed by atoms with van der Waals surface area (Å²) in [6.07, 6.45) is 24.3. The molecule has 0 aromatic heterocycles. The van der Waals surface area contributed by atoms with Crippen LogP contribution in [0.25, 0.3) is 0 Å². The monoisotopic (exact) mass is 1400 g/mol. The number of anilines is 3. The molecule has 3 heterocycles. The van der Waals surface area contributed by atoms with Gasteiger partial charge in [0, 0.05) is 38.7 Å². The van der Waals surface area contributed by atoms with E-state index in [1.807, 2.05) is 130 Å². The number of para-hydroxylation sites is 3. The average molecular weight is 1400 g/mol. The summed E-state index contributed by atoms with van der Waals surface area (Å²) in [4.78, 5) is 44.3. The number of unbranched alkanes of at least 4 members (excludes halogenated alkanes) is 17. The maximum Gasteiger partial charge on any atom is 0.373 e. The highest BCUT2D eigenvalue weighted by atomic mass is 35.5. The summed E-state index contributed by atoms with van der Waals surface area (Å²) in [5.41, 5.74) is 10.7. The molecule has 0 saturated carbocycles. The van der Waals surface area contributed by atoms with Crippen LogP contribution in [0.3, 0.4) is 0 Å². The van der Waals surface area contributed by atoms with E-state index in [0.717, 1.165) is 139 Å². The van der Waals surface area contributed by atoms with Gasteiger partial charge in [0.15, 0.2) is 0 Å². The van der Waals surface area contributed by atoms with E-state index in [0.29, 0.717) is 20.4 Å². The van der Waals surface area contributed by atoms with Crippen LogP contribution < -0.4 is 41.3 Å². The van der Waals surface area contributed by atoms with Crippen molar-refractivity contribution < 1.29 is 72.1 Å². The molecular formula is C74H101ClN6O12S3. The Morgan fingerprint density at radius 2 is 0.729 bits per heavy atom. The van der Waals surface area contributed by atoms with Gasteiger partial charge in [-0.15, -0.1) is 0 Å². The summed E-state index contributed by atoms with van der Waals surface area (Å²) in [5.74, 6) is -0.708. The third-order valence-corrected chi connectivity index (χ3v) is 23.2. The first-order valence-corrected chi connectivity index (χ1v) is 38.0. The summed E-state index contributed by atoms with van der Waals surface area (Å²) in [7, 11) is -5.82. The quantitative estimate of drug-likeness (QED) is 0.0333. The molecule has 524 valence electrons. The molecule has 0 amide bonds. The smallest absolute Gasteiger partial charge is 0.373 e. The molecule has 6 aromatic carbocycles. The van der Waals surface area contributed by atoms with Crippen molar-refractivity contribution in [3.05, 3.63) is 177 Å². The third-order valence-electron chi connectivity index (χ3n) is 17.7. The number of carbonyl (C=O) groups is 1. The number of rotatable bonds is 28. The average Bonchev–Trinajstić information content (AvgIpc) is 1.63. The number of halogens is 1. The van der Waals surface area contributed by atoms with Gasteiger partial charge in [-0.05, 0) is 141 Å². The third kappa shape index (κ3) is 22.5. The molecule has 0 spiro atoms. The molecule has 3 atom stereocenters. The molecule has 0 saturated heterocycles. The van der Waals surface area contributed by atoms with Crippen LogP contribution in [-0.2, 0) is 54.0 Å². The normalized spacial score (nSPS) is 16.2. The first kappa shape index (κ1) is 81.4. The molecule has 3 unspecified atom stereocenters. The predicted octanol–water partition coefficient (Wildman–Crippen LogP) is 10.6. The predicted molar refractivity (Wildman–Crippen MR) is 374 cm³/mol. The fourth-order valence-electron chi connectivity index (χ4n) is 12.5. The Morgan fingerprint density at radius 1 is 0.427 bits per heavy atom. The number of hydrogen-bond acceptors (Lipinski definition) is 13. The second-order valence-electron chi connectivity index (χ2n) is 24.7. The number of carboxylic acid groups (broad SMARTS) is 1. The Balaban J connectivity index is 0.000000293. The Bertz CT molecular complexity index is 3830. The lowest BCUT2D eigenvalue weighted by Gasteiger charge is -2.22. The highest BCUT2D eigenvalue weighted by molar-refractivity contribution is 7.93. The van der Waals surface area contributed by atoms with Crippen LogP contribution in [0.2, 0.25) is 0 Å². The summed E-state index contributed by atoms with van der Waals surface area (Å²) in [5, 5.41) is 18.3. The van der Waals surface area contributed by atoms with E-state index in [4.69, 9.17) is 24.3 Å². The van der Waals surface area contributed by atoms with E-state index in [-0.39, 0.29) is 49.3 Å². The molecule has 0 fully saturated rings. The van der Waals surface area contributed by atoms with Crippen LogP contribution in [0, 0.1) is 20.8 Å². The summed E-state index contributed by atoms with van der Waals surface area (Å²) < 4.78 is 84.0. The van der Waals surface area contributed by atoms with Gasteiger partial charge in [0.05, 0.1) is 50.4 Å². The molecule has 0 bridgehead atoms. The van der Waals surface area contributed by atoms with Crippen molar-refractivity contribution in [2.75, 3.05) is 53.7 Å². The number of hydrogen-bond donors (Lipinski definition) is 4. The number of carboxylic acids is 1. The van der Waals surface area contributed by atoms with Crippen LogP contribution in [0.15, 0.2) is 142 Å². The Kier molecular flexibility index (Phi) is 35.0. The number of aryl methyl sites for hydroxylation is 3. The molecule has 18 nitrogen and oxygen atoms in total. The molecule has 3 aliphatic heterocycles. The van der Waals surface area contributed by atoms with Crippen molar-refractivity contribution in [3.63, 3.8) is 0 Å². The standard InChI is InChI=1S/C26H36N2O4S.C24H34N2O2S.C22H30N2O2S.2CO2.ClH/c1-20-16-17-22-24(19-20)33(31,32)28(2)23-14-11-10-13-21(23)26(22)27-18-12-8-6-4-3-5-7-9-15-25(29)30;1-4-5-6-7-8-9-12-17-25-24-20-13-10-11-14-22(20)26(3)29(27,28)23-18-19(2)15-16-21(23)24;1-4-5-6-7-10-15-23-22-18-11-8-9-12-20(18)24(3)27(25,26)21-16-17(2)13-14-19(21)22;2*2-1-3;/h10-11,13-14,16-17,19,26-27H,3-9,12,15,18H2,1-2H3,(H,29,30);10-11,13-16,18,24-25H,4-9,12,17H2,1-3H3;8-9,11-14,16,22-23H,4-7,10,15H2,1-3H3;;;1H. The number of quaternary nitrogens is 1. The largest absolute Gasteiger partial charge is 1.00 e. The zero-order chi connectivity index (χ0) is 69.6. The van der Waals surface area contributed by atoms with Gasteiger partial charge in [0.2, 0.25) is 0 Å². The molecule has 22 heteroatoms. The minimum absolute atomic E-state index is 0. The van der Waals surface area contributed by atoms with Gasteiger partial charge in [-0.25, -0.2) is 25.3 Å². The van der Waals surface area contributed by atoms with E-state index in [1.165, 1.54) is 83.5 Å². The Morgan fingerprint density at radius 3 is 1.10 bits per heavy atom. The topological polar surface area (TPSA) is 258 Å². The first-order chi connectivity index (χ1) is 45.6. The molecule has 3 aliphatic rings. The molecule has 6 aromatic rings. The number of aliphatic carboxylic acids is 1. The van der Waals surface area contributed by atoms with Crippen LogP contribution in [0.5, 0.6) is 0 Å². The molecule has 9 rings (SSSR count). The summed E-state index contributed by atoms with van der Waals surface area (Å²) in [6.45, 7) is 13.0. The fourth-order valence-corrected chi connectivity index (χ4v) is 17.1. The lowest BCUT2D eigenvalue weighted by Crippen LogP contribution is -3.00. The minimum atomic E-state index is -3.62. The fraction of sp³-hybridized carbons (Fsp3) is 0.473. The van der Waals surface area contributed by atoms with Gasteiger partial charge in [0.25, 0.3) is 30.1 Å². The highest BCUT2D eigenvalue weighted by Gasteiger charge is 2.38. The zero-order valence-electron chi connectivity index (χ0n) is 57.3. The van der Waals surface area contributed by atoms with Crippen molar-refractivity contribution >= 4 is 65.4 Å². The number of nitrogens with two attached hydrogens (primary N) is 1. The second kappa shape index (κ2) is 41.3. The van der Waals surface area contributed by atoms with E-state index in [9.17, 15) is 30.0 Å². The SMILES string of the molecule is CCCCCCCCCNC1c2ccccc2N(C)S(=O)(=O)c2cc(C)ccc21.CCCCCCC[NH2+]C1c2ccccc2N(C)S(=O)(=O)c2cc(C)ccc21.Cc1ccc2c(c1)S(=O)(=O)N(C)c1ccccc1C2NCCCCCCCCCCC(=O)O.O=C=O.O=C=O.[Cl-]. The zero-order valence-corrected chi connectivity index (χ0v) is 60.5. The van der Waals surface area contributed by atoms with Crippen molar-refractivity contribution in [2.24, 2.45) is 0 Å². The highest BCUT2D eigenvalue weighted by Crippen LogP contribution is 2.43. The second-order valence-corrected chi connectivity index (χ2v) is 30.5. The molecule has 96 heavy (non-hydrogen) atoms. The number of sulfonamides is 3. The maximum atomic E-state index is 13.3. The van der Waals surface area contributed by atoms with Crippen molar-refractivity contribution in [3.8, 4) is 0 Å². The van der Waals surface area contributed by atoms with Crippen molar-refractivity contribution in [1.29, 1.82) is 0 Å². The van der Waals surface area contributed by atoms with Gasteiger partial charge in [0.1, 0.15) is 6.04 Å². The Labute approximate surface area is 578 Å². The number of nitrogens with one attached hydrogen (secondary N) is 2. The van der Waals surface area contributed by atoms with E-state index in [2.05, 4.69) is 35.9 Å². The van der Waals surface area contributed by atoms with Crippen LogP contribution >= 0.6 is 0 Å². The van der Waals surface area contributed by atoms with Gasteiger partial charge in [-0.2, -0.15) is 19.2 Å². The summed E-state index contributed by atoms with van der Waals surface area (Å²) >= 11 is 0. The van der Waals surface area contributed by atoms with Crippen LogP contribution in [0.4, 0.5) is 17.1 Å². The molecular weight excluding hydrogens is 1300 g/mol. The van der Waals surface area contributed by atoms with Gasteiger partial charge >= 0.3 is 18.3 Å². The van der Waals surface area contributed by atoms with E-state index in [1.54, 1.807) is 33.3 Å². The Hall–Kier alpha value is -7.03. The number of nitrogens with zero attached hydrogens (tertiary/aromatic N) is 3. The lowest BCUT2D eigenvalue weighted by molar-refractivity contribution is -0.687. The van der Waals surface area contributed by atoms with Crippen LogP contribution in [-0.4, -0.2) is 89.4 Å². The van der Waals surface area contributed by atoms with Gasteiger partial charge in [-0.3, -0.25) is 17.7 Å². The van der Waals surface area contributed by atoms with Gasteiger partial charge < -0.3 is 33.5 Å². The minimum Gasteiger partial charge on any atom is -1.00 e. The number of fused-ring (bicyclic) bond motifs is 6. The molecule has 0 aliphatic carbocycles. The number of benzene rings is 6. The number of carbonyl (C=O) groups excluding carboxylic acids is 4. The lowest BCUT2D eigenvalue weighted by atomic mass is 9.96. The maximum absolute atomic E-state index is 13.3.